The molecule has 3 aromatic rings. The van der Waals surface area contributed by atoms with E-state index < -0.39 is 15.8 Å². The summed E-state index contributed by atoms with van der Waals surface area (Å²) >= 11 is 5.73. The Hall–Kier alpha value is -2.00. The lowest BCUT2D eigenvalue weighted by molar-refractivity contribution is -0.918. The van der Waals surface area contributed by atoms with Gasteiger partial charge in [0.05, 0.1) is 36.1 Å². The zero-order valence-corrected chi connectivity index (χ0v) is 15.9. The topological polar surface area (TPSA) is 67.8 Å². The van der Waals surface area contributed by atoms with E-state index in [1.54, 1.807) is 0 Å². The molecule has 27 heavy (non-hydrogen) atoms. The molecule has 0 spiro atoms. The summed E-state index contributed by atoms with van der Waals surface area (Å²) in [6.45, 7) is 2.60. The van der Waals surface area contributed by atoms with Crippen molar-refractivity contribution in [2.24, 2.45) is 0 Å². The number of benzene rings is 2. The smallest absolute Gasteiger partial charge is 0.251 e. The first-order valence-corrected chi connectivity index (χ1v) is 10.4. The minimum Gasteiger partial charge on any atom is -0.435 e. The highest BCUT2D eigenvalue weighted by Gasteiger charge is 2.31. The summed E-state index contributed by atoms with van der Waals surface area (Å²) in [5.74, 6) is 0.0102. The number of halogens is 2. The van der Waals surface area contributed by atoms with Gasteiger partial charge in [0.1, 0.15) is 11.3 Å². The zero-order valence-electron chi connectivity index (χ0n) is 14.4. The van der Waals surface area contributed by atoms with Gasteiger partial charge in [-0.1, -0.05) is 23.7 Å². The number of nitrogens with zero attached hydrogens (tertiary/aromatic N) is 2. The third-order valence-electron chi connectivity index (χ3n) is 4.70. The number of para-hydroxylation sites is 2. The molecule has 4 rings (SSSR count). The van der Waals surface area contributed by atoms with Crippen LogP contribution in [-0.2, 0) is 16.6 Å². The molecule has 1 fully saturated rings. The van der Waals surface area contributed by atoms with E-state index in [0.717, 1.165) is 23.2 Å². The second-order valence-corrected chi connectivity index (χ2v) is 8.83. The standard InChI is InChI=1S/C18H17ClFN3O3S/c19-14-11-13(5-6-15(14)20)27(24,25)23-9-7-22(8-10-23)12-18-21-16-3-1-2-4-17(16)26-18/h1-6,11H,7-10,12H2/p+1. The van der Waals surface area contributed by atoms with Gasteiger partial charge in [0.2, 0.25) is 10.0 Å². The Bertz CT molecular complexity index is 1050. The molecule has 2 aromatic carbocycles. The summed E-state index contributed by atoms with van der Waals surface area (Å²) in [6, 6.07) is 11.1. The van der Waals surface area contributed by atoms with Gasteiger partial charge in [0.25, 0.3) is 5.89 Å². The van der Waals surface area contributed by atoms with E-state index in [2.05, 4.69) is 4.98 Å². The van der Waals surface area contributed by atoms with Gasteiger partial charge in [-0.3, -0.25) is 0 Å². The van der Waals surface area contributed by atoms with Crippen molar-refractivity contribution >= 4 is 32.7 Å². The number of rotatable bonds is 4. The molecule has 2 heterocycles. The van der Waals surface area contributed by atoms with Crippen LogP contribution in [0.2, 0.25) is 5.02 Å². The number of hydrogen-bond acceptors (Lipinski definition) is 4. The number of hydrogen-bond donors (Lipinski definition) is 1. The van der Waals surface area contributed by atoms with Crippen LogP contribution in [0.3, 0.4) is 0 Å². The predicted molar refractivity (Wildman–Crippen MR) is 98.6 cm³/mol. The van der Waals surface area contributed by atoms with Crippen molar-refractivity contribution in [3.63, 3.8) is 0 Å². The molecule has 1 N–H and O–H groups in total. The molecule has 142 valence electrons. The number of sulfonamides is 1. The van der Waals surface area contributed by atoms with Crippen molar-refractivity contribution in [1.29, 1.82) is 0 Å². The predicted octanol–water partition coefficient (Wildman–Crippen LogP) is 1.71. The maximum Gasteiger partial charge on any atom is 0.251 e. The lowest BCUT2D eigenvalue weighted by Gasteiger charge is -2.30. The number of aromatic nitrogens is 1. The monoisotopic (exact) mass is 410 g/mol. The average Bonchev–Trinajstić information content (AvgIpc) is 3.06. The molecule has 0 aliphatic carbocycles. The molecule has 0 radical (unpaired) electrons. The van der Waals surface area contributed by atoms with Crippen LogP contribution >= 0.6 is 11.6 Å². The maximum atomic E-state index is 13.3. The number of oxazole rings is 1. The lowest BCUT2D eigenvalue weighted by Crippen LogP contribution is -3.13. The Morgan fingerprint density at radius 1 is 1.19 bits per heavy atom. The zero-order chi connectivity index (χ0) is 19.0. The summed E-state index contributed by atoms with van der Waals surface area (Å²) in [5.41, 5.74) is 1.57. The Morgan fingerprint density at radius 3 is 2.63 bits per heavy atom. The fraction of sp³-hybridized carbons (Fsp3) is 0.278. The van der Waals surface area contributed by atoms with Gasteiger partial charge in [0.15, 0.2) is 12.1 Å². The Morgan fingerprint density at radius 2 is 1.93 bits per heavy atom. The highest BCUT2D eigenvalue weighted by molar-refractivity contribution is 7.89. The van der Waals surface area contributed by atoms with Crippen molar-refractivity contribution in [1.82, 2.24) is 9.29 Å². The first-order valence-electron chi connectivity index (χ1n) is 8.57. The van der Waals surface area contributed by atoms with Gasteiger partial charge in [-0.05, 0) is 30.3 Å². The fourth-order valence-electron chi connectivity index (χ4n) is 3.22. The third kappa shape index (κ3) is 3.70. The summed E-state index contributed by atoms with van der Waals surface area (Å²) in [4.78, 5) is 5.68. The van der Waals surface area contributed by atoms with Crippen LogP contribution in [0.5, 0.6) is 0 Å². The average molecular weight is 411 g/mol. The number of piperazine rings is 1. The van der Waals surface area contributed by atoms with Crippen LogP contribution in [-0.4, -0.2) is 43.9 Å². The van der Waals surface area contributed by atoms with Gasteiger partial charge in [0, 0.05) is 0 Å². The van der Waals surface area contributed by atoms with E-state index in [1.807, 2.05) is 24.3 Å². The summed E-state index contributed by atoms with van der Waals surface area (Å²) in [6.07, 6.45) is 0. The number of nitrogens with one attached hydrogen (secondary N) is 1. The van der Waals surface area contributed by atoms with E-state index in [1.165, 1.54) is 15.3 Å². The quantitative estimate of drug-likeness (QED) is 0.711. The molecule has 0 bridgehead atoms. The van der Waals surface area contributed by atoms with E-state index in [4.69, 9.17) is 16.0 Å². The van der Waals surface area contributed by atoms with Crippen LogP contribution in [0, 0.1) is 5.82 Å². The second-order valence-electron chi connectivity index (χ2n) is 6.48. The van der Waals surface area contributed by atoms with Crippen LogP contribution in [0.25, 0.3) is 11.1 Å². The van der Waals surface area contributed by atoms with Crippen molar-refractivity contribution in [2.45, 2.75) is 11.4 Å². The van der Waals surface area contributed by atoms with Crippen molar-refractivity contribution in [3.05, 3.63) is 59.2 Å². The van der Waals surface area contributed by atoms with E-state index >= 15 is 0 Å². The Kier molecular flexibility index (Phi) is 4.90. The summed E-state index contributed by atoms with van der Waals surface area (Å²) in [7, 11) is -3.69. The highest BCUT2D eigenvalue weighted by atomic mass is 35.5. The molecule has 1 aliphatic heterocycles. The van der Waals surface area contributed by atoms with E-state index in [9.17, 15) is 12.8 Å². The van der Waals surface area contributed by atoms with Gasteiger partial charge in [-0.15, -0.1) is 0 Å². The first-order chi connectivity index (χ1) is 12.9. The number of quaternary nitrogens is 1. The third-order valence-corrected chi connectivity index (χ3v) is 6.88. The molecule has 0 atom stereocenters. The molecular weight excluding hydrogens is 393 g/mol. The first kappa shape index (κ1) is 18.4. The highest BCUT2D eigenvalue weighted by Crippen LogP contribution is 2.22. The van der Waals surface area contributed by atoms with E-state index in [-0.39, 0.29) is 9.92 Å². The van der Waals surface area contributed by atoms with Gasteiger partial charge in [-0.2, -0.15) is 4.31 Å². The Balaban J connectivity index is 1.42. The lowest BCUT2D eigenvalue weighted by atomic mass is 10.3. The Labute approximate surface area is 161 Å². The molecule has 6 nitrogen and oxygen atoms in total. The van der Waals surface area contributed by atoms with Crippen LogP contribution in [0.4, 0.5) is 4.39 Å². The van der Waals surface area contributed by atoms with Crippen molar-refractivity contribution < 1.29 is 22.1 Å². The molecule has 1 aliphatic rings. The molecule has 0 unspecified atom stereocenters. The molecule has 1 aromatic heterocycles. The SMILES string of the molecule is O=S(=O)(c1ccc(F)c(Cl)c1)N1CC[NH+](Cc2nc3ccccc3o2)CC1. The molecular formula is C18H18ClFN3O3S+. The minimum atomic E-state index is -3.69. The molecule has 0 amide bonds. The van der Waals surface area contributed by atoms with Crippen LogP contribution in [0.15, 0.2) is 51.8 Å². The van der Waals surface area contributed by atoms with E-state index in [0.29, 0.717) is 38.6 Å². The largest absolute Gasteiger partial charge is 0.435 e. The molecule has 0 saturated carbocycles. The van der Waals surface area contributed by atoms with Crippen LogP contribution in [0.1, 0.15) is 5.89 Å². The van der Waals surface area contributed by atoms with Gasteiger partial charge < -0.3 is 9.32 Å². The van der Waals surface area contributed by atoms with Crippen LogP contribution < -0.4 is 4.90 Å². The van der Waals surface area contributed by atoms with Gasteiger partial charge in [-0.25, -0.2) is 17.8 Å². The second kappa shape index (κ2) is 7.20. The minimum absolute atomic E-state index is 0.0105. The van der Waals surface area contributed by atoms with Crippen molar-refractivity contribution in [3.8, 4) is 0 Å². The summed E-state index contributed by atoms with van der Waals surface area (Å²) in [5, 5.41) is -0.198. The normalized spacial score (nSPS) is 16.8. The fourth-order valence-corrected chi connectivity index (χ4v) is 4.93. The van der Waals surface area contributed by atoms with Crippen molar-refractivity contribution in [2.75, 3.05) is 26.2 Å². The maximum absolute atomic E-state index is 13.3. The summed E-state index contributed by atoms with van der Waals surface area (Å²) < 4.78 is 45.9. The molecule has 9 heteroatoms. The number of fused-ring (bicyclic) bond motifs is 1. The molecule has 1 saturated heterocycles. The van der Waals surface area contributed by atoms with Gasteiger partial charge >= 0.3 is 0 Å².